The van der Waals surface area contributed by atoms with E-state index in [2.05, 4.69) is 25.1 Å². The first-order chi connectivity index (χ1) is 8.81. The molecule has 0 aliphatic rings. The summed E-state index contributed by atoms with van der Waals surface area (Å²) in [7, 11) is 1.71. The van der Waals surface area contributed by atoms with Gasteiger partial charge in [0.2, 0.25) is 5.95 Å². The van der Waals surface area contributed by atoms with E-state index in [0.29, 0.717) is 0 Å². The summed E-state index contributed by atoms with van der Waals surface area (Å²) in [6.45, 7) is 4.41. The minimum atomic E-state index is 0.758. The largest absolute Gasteiger partial charge is 0.385 e. The molecule has 0 aromatic carbocycles. The van der Waals surface area contributed by atoms with Crippen LogP contribution in [0.15, 0.2) is 18.6 Å². The van der Waals surface area contributed by atoms with Gasteiger partial charge in [0.1, 0.15) is 0 Å². The summed E-state index contributed by atoms with van der Waals surface area (Å²) >= 11 is 0. The Kier molecular flexibility index (Phi) is 4.35. The highest BCUT2D eigenvalue weighted by Crippen LogP contribution is 2.10. The van der Waals surface area contributed by atoms with Gasteiger partial charge in [0, 0.05) is 43.9 Å². The van der Waals surface area contributed by atoms with Crippen molar-refractivity contribution in [3.63, 3.8) is 0 Å². The molecule has 2 heterocycles. The van der Waals surface area contributed by atoms with Gasteiger partial charge < -0.3 is 14.6 Å². The SMILES string of the molecule is COCCCNc1nccn1Cc1cn[nH]c1C. The van der Waals surface area contributed by atoms with Crippen molar-refractivity contribution in [3.8, 4) is 0 Å². The maximum Gasteiger partial charge on any atom is 0.203 e. The maximum absolute atomic E-state index is 5.01. The van der Waals surface area contributed by atoms with Gasteiger partial charge >= 0.3 is 0 Å². The topological polar surface area (TPSA) is 67.8 Å². The van der Waals surface area contributed by atoms with Gasteiger partial charge in [-0.3, -0.25) is 5.10 Å². The fraction of sp³-hybridized carbons (Fsp3) is 0.500. The Morgan fingerprint density at radius 1 is 1.50 bits per heavy atom. The lowest BCUT2D eigenvalue weighted by molar-refractivity contribution is 0.197. The van der Waals surface area contributed by atoms with Crippen molar-refractivity contribution in [2.45, 2.75) is 19.9 Å². The van der Waals surface area contributed by atoms with E-state index in [1.165, 1.54) is 5.56 Å². The van der Waals surface area contributed by atoms with Crippen LogP contribution in [-0.2, 0) is 11.3 Å². The third-order valence-electron chi connectivity index (χ3n) is 2.80. The van der Waals surface area contributed by atoms with Gasteiger partial charge in [0.25, 0.3) is 0 Å². The molecule has 0 bridgehead atoms. The minimum Gasteiger partial charge on any atom is -0.385 e. The van der Waals surface area contributed by atoms with Gasteiger partial charge in [0.05, 0.1) is 12.7 Å². The zero-order valence-corrected chi connectivity index (χ0v) is 10.8. The Bertz CT molecular complexity index is 476. The maximum atomic E-state index is 5.01. The highest BCUT2D eigenvalue weighted by atomic mass is 16.5. The number of nitrogens with one attached hydrogen (secondary N) is 2. The van der Waals surface area contributed by atoms with Crippen LogP contribution in [0.25, 0.3) is 0 Å². The normalized spacial score (nSPS) is 10.8. The van der Waals surface area contributed by atoms with E-state index < -0.39 is 0 Å². The van der Waals surface area contributed by atoms with Gasteiger partial charge in [-0.05, 0) is 13.3 Å². The number of hydrogen-bond acceptors (Lipinski definition) is 4. The lowest BCUT2D eigenvalue weighted by Crippen LogP contribution is -2.10. The highest BCUT2D eigenvalue weighted by Gasteiger charge is 2.05. The molecular weight excluding hydrogens is 230 g/mol. The highest BCUT2D eigenvalue weighted by molar-refractivity contribution is 5.28. The third-order valence-corrected chi connectivity index (χ3v) is 2.80. The molecule has 0 aliphatic heterocycles. The van der Waals surface area contributed by atoms with Crippen molar-refractivity contribution in [1.29, 1.82) is 0 Å². The lowest BCUT2D eigenvalue weighted by atomic mass is 10.2. The van der Waals surface area contributed by atoms with Gasteiger partial charge in [-0.2, -0.15) is 5.10 Å². The molecule has 2 aromatic heterocycles. The third kappa shape index (κ3) is 3.10. The van der Waals surface area contributed by atoms with Crippen LogP contribution in [0.4, 0.5) is 5.95 Å². The molecule has 0 saturated carbocycles. The van der Waals surface area contributed by atoms with Gasteiger partial charge in [-0.1, -0.05) is 0 Å². The average molecular weight is 249 g/mol. The molecular formula is C12H19N5O. The Labute approximate surface area is 106 Å². The van der Waals surface area contributed by atoms with Gasteiger partial charge in [0.15, 0.2) is 0 Å². The zero-order chi connectivity index (χ0) is 12.8. The number of methoxy groups -OCH3 is 1. The van der Waals surface area contributed by atoms with Crippen molar-refractivity contribution in [2.24, 2.45) is 0 Å². The molecule has 0 unspecified atom stereocenters. The monoisotopic (exact) mass is 249 g/mol. The first-order valence-electron chi connectivity index (χ1n) is 6.04. The second-order valence-corrected chi connectivity index (χ2v) is 4.17. The number of imidazole rings is 1. The van der Waals surface area contributed by atoms with Crippen molar-refractivity contribution in [1.82, 2.24) is 19.7 Å². The van der Waals surface area contributed by atoms with Crippen molar-refractivity contribution in [2.75, 3.05) is 25.6 Å². The molecule has 6 heteroatoms. The number of aromatic amines is 1. The Balaban J connectivity index is 1.93. The van der Waals surface area contributed by atoms with Crippen molar-refractivity contribution < 1.29 is 4.74 Å². The van der Waals surface area contributed by atoms with Gasteiger partial charge in [-0.15, -0.1) is 0 Å². The summed E-state index contributed by atoms with van der Waals surface area (Å²) in [6, 6.07) is 0. The standard InChI is InChI=1S/C12H19N5O/c1-10-11(8-15-16-10)9-17-6-5-14-12(17)13-4-3-7-18-2/h5-6,8H,3-4,7,9H2,1-2H3,(H,13,14)(H,15,16). The Morgan fingerprint density at radius 2 is 2.39 bits per heavy atom. The van der Waals surface area contributed by atoms with E-state index in [1.54, 1.807) is 13.3 Å². The first-order valence-corrected chi connectivity index (χ1v) is 6.04. The molecule has 18 heavy (non-hydrogen) atoms. The lowest BCUT2D eigenvalue weighted by Gasteiger charge is -2.09. The van der Waals surface area contributed by atoms with Gasteiger partial charge in [-0.25, -0.2) is 4.98 Å². The van der Waals surface area contributed by atoms with Crippen LogP contribution in [-0.4, -0.2) is 40.0 Å². The van der Waals surface area contributed by atoms with E-state index in [9.17, 15) is 0 Å². The molecule has 0 aliphatic carbocycles. The number of hydrogen-bond donors (Lipinski definition) is 2. The number of nitrogens with zero attached hydrogens (tertiary/aromatic N) is 3. The number of H-pyrrole nitrogens is 1. The minimum absolute atomic E-state index is 0.758. The Morgan fingerprint density at radius 3 is 3.11 bits per heavy atom. The molecule has 0 saturated heterocycles. The number of ether oxygens (including phenoxy) is 1. The van der Waals surface area contributed by atoms with E-state index >= 15 is 0 Å². The van der Waals surface area contributed by atoms with Crippen LogP contribution >= 0.6 is 0 Å². The summed E-state index contributed by atoms with van der Waals surface area (Å²) < 4.78 is 7.09. The number of rotatable bonds is 7. The average Bonchev–Trinajstić information content (AvgIpc) is 2.96. The summed E-state index contributed by atoms with van der Waals surface area (Å²) in [5.74, 6) is 0.881. The molecule has 0 atom stereocenters. The molecule has 0 radical (unpaired) electrons. The van der Waals surface area contributed by atoms with Crippen molar-refractivity contribution >= 4 is 5.95 Å². The quantitative estimate of drug-likeness (QED) is 0.728. The first kappa shape index (κ1) is 12.6. The van der Waals surface area contributed by atoms with Crippen LogP contribution in [0.2, 0.25) is 0 Å². The molecule has 2 rings (SSSR count). The summed E-state index contributed by atoms with van der Waals surface area (Å²) in [5, 5.41) is 10.3. The molecule has 2 N–H and O–H groups in total. The molecule has 98 valence electrons. The fourth-order valence-electron chi connectivity index (χ4n) is 1.74. The predicted molar refractivity (Wildman–Crippen MR) is 69.6 cm³/mol. The molecule has 6 nitrogen and oxygen atoms in total. The van der Waals surface area contributed by atoms with E-state index in [0.717, 1.165) is 37.8 Å². The van der Waals surface area contributed by atoms with E-state index in [4.69, 9.17) is 4.74 Å². The Hall–Kier alpha value is -1.82. The predicted octanol–water partition coefficient (Wildman–Crippen LogP) is 1.41. The number of anilines is 1. The summed E-state index contributed by atoms with van der Waals surface area (Å²) in [4.78, 5) is 4.30. The van der Waals surface area contributed by atoms with E-state index in [1.807, 2.05) is 19.3 Å². The summed E-state index contributed by atoms with van der Waals surface area (Å²) in [5.41, 5.74) is 2.27. The second kappa shape index (κ2) is 6.20. The van der Waals surface area contributed by atoms with Crippen LogP contribution in [0, 0.1) is 6.92 Å². The number of aromatic nitrogens is 4. The fourth-order valence-corrected chi connectivity index (χ4v) is 1.74. The summed E-state index contributed by atoms with van der Waals surface area (Å²) in [6.07, 6.45) is 6.58. The van der Waals surface area contributed by atoms with Crippen LogP contribution in [0.5, 0.6) is 0 Å². The second-order valence-electron chi connectivity index (χ2n) is 4.17. The smallest absolute Gasteiger partial charge is 0.203 e. The molecule has 0 fully saturated rings. The molecule has 0 spiro atoms. The number of aryl methyl sites for hydroxylation is 1. The van der Waals surface area contributed by atoms with Crippen LogP contribution in [0.1, 0.15) is 17.7 Å². The van der Waals surface area contributed by atoms with Crippen LogP contribution in [0.3, 0.4) is 0 Å². The van der Waals surface area contributed by atoms with Crippen molar-refractivity contribution in [3.05, 3.63) is 29.8 Å². The molecule has 0 amide bonds. The zero-order valence-electron chi connectivity index (χ0n) is 10.8. The molecule has 2 aromatic rings. The van der Waals surface area contributed by atoms with Crippen LogP contribution < -0.4 is 5.32 Å². The van der Waals surface area contributed by atoms with E-state index in [-0.39, 0.29) is 0 Å².